The number of nitrogens with two attached hydrogens (primary N) is 1. The van der Waals surface area contributed by atoms with Gasteiger partial charge in [0.15, 0.2) is 5.13 Å². The van der Waals surface area contributed by atoms with E-state index in [0.717, 1.165) is 12.8 Å². The number of thiazole rings is 1. The van der Waals surface area contributed by atoms with Crippen LogP contribution in [0.15, 0.2) is 30.5 Å². The monoisotopic (exact) mass is 232 g/mol. The van der Waals surface area contributed by atoms with Crippen LogP contribution in [-0.2, 0) is 12.8 Å². The molecule has 0 bridgehead atoms. The molecule has 0 aliphatic heterocycles. The van der Waals surface area contributed by atoms with Gasteiger partial charge in [0, 0.05) is 17.5 Å². The number of benzene rings is 1. The summed E-state index contributed by atoms with van der Waals surface area (Å²) in [7, 11) is 0. The van der Waals surface area contributed by atoms with Crippen LogP contribution in [0.4, 0.5) is 5.13 Å². The van der Waals surface area contributed by atoms with E-state index in [2.05, 4.69) is 36.2 Å². The number of aromatic nitrogens is 1. The molecule has 2 rings (SSSR count). The second-order valence-corrected chi connectivity index (χ2v) is 5.01. The summed E-state index contributed by atoms with van der Waals surface area (Å²) in [6, 6.07) is 8.61. The van der Waals surface area contributed by atoms with E-state index in [4.69, 9.17) is 5.73 Å². The van der Waals surface area contributed by atoms with Gasteiger partial charge in [0.25, 0.3) is 0 Å². The first kappa shape index (κ1) is 11.1. The van der Waals surface area contributed by atoms with Crippen molar-refractivity contribution in [2.75, 3.05) is 5.73 Å². The molecule has 0 aliphatic carbocycles. The Bertz CT molecular complexity index is 462. The van der Waals surface area contributed by atoms with E-state index in [9.17, 15) is 0 Å². The Morgan fingerprint density at radius 1 is 1.25 bits per heavy atom. The summed E-state index contributed by atoms with van der Waals surface area (Å²) in [5.41, 5.74) is 8.47. The first-order valence-electron chi connectivity index (χ1n) is 5.56. The summed E-state index contributed by atoms with van der Waals surface area (Å²) in [6.45, 7) is 2.21. The van der Waals surface area contributed by atoms with Crippen LogP contribution in [0.2, 0.25) is 0 Å². The van der Waals surface area contributed by atoms with Crippen molar-refractivity contribution in [2.45, 2.75) is 26.2 Å². The molecule has 2 aromatic rings. The Morgan fingerprint density at radius 3 is 2.62 bits per heavy atom. The lowest BCUT2D eigenvalue weighted by molar-refractivity contribution is 0.905. The Balaban J connectivity index is 2.20. The van der Waals surface area contributed by atoms with Crippen LogP contribution in [0.5, 0.6) is 0 Å². The first-order chi connectivity index (χ1) is 7.79. The fraction of sp³-hybridized carbons (Fsp3) is 0.308. The average molecular weight is 232 g/mol. The lowest BCUT2D eigenvalue weighted by Crippen LogP contribution is -1.93. The van der Waals surface area contributed by atoms with E-state index < -0.39 is 0 Å². The highest BCUT2D eigenvalue weighted by molar-refractivity contribution is 7.15. The molecule has 0 saturated heterocycles. The molecule has 0 radical (unpaired) electrons. The van der Waals surface area contributed by atoms with Gasteiger partial charge in [-0.25, -0.2) is 4.98 Å². The maximum atomic E-state index is 5.64. The molecule has 1 heterocycles. The normalized spacial score (nSPS) is 10.6. The predicted molar refractivity (Wildman–Crippen MR) is 69.8 cm³/mol. The first-order valence-corrected chi connectivity index (χ1v) is 6.38. The maximum absolute atomic E-state index is 5.64. The van der Waals surface area contributed by atoms with Crippen molar-refractivity contribution in [3.8, 4) is 0 Å². The van der Waals surface area contributed by atoms with Crippen molar-refractivity contribution >= 4 is 16.5 Å². The topological polar surface area (TPSA) is 38.9 Å². The van der Waals surface area contributed by atoms with Gasteiger partial charge in [0.1, 0.15) is 0 Å². The Labute approximate surface area is 100 Å². The molecule has 2 nitrogen and oxygen atoms in total. The lowest BCUT2D eigenvalue weighted by atomic mass is 10.0. The lowest BCUT2D eigenvalue weighted by Gasteiger charge is -2.06. The molecular formula is C13H16N2S. The fourth-order valence-electron chi connectivity index (χ4n) is 1.84. The predicted octanol–water partition coefficient (Wildman–Crippen LogP) is 3.27. The van der Waals surface area contributed by atoms with E-state index in [1.54, 1.807) is 11.3 Å². The highest BCUT2D eigenvalue weighted by Gasteiger charge is 2.04. The Kier molecular flexibility index (Phi) is 3.57. The van der Waals surface area contributed by atoms with Crippen LogP contribution in [0, 0.1) is 0 Å². The Hall–Kier alpha value is -1.35. The molecule has 1 aromatic carbocycles. The van der Waals surface area contributed by atoms with Gasteiger partial charge >= 0.3 is 0 Å². The van der Waals surface area contributed by atoms with Crippen LogP contribution in [0.3, 0.4) is 0 Å². The van der Waals surface area contributed by atoms with Crippen LogP contribution < -0.4 is 5.73 Å². The van der Waals surface area contributed by atoms with Gasteiger partial charge in [-0.3, -0.25) is 0 Å². The summed E-state index contributed by atoms with van der Waals surface area (Å²) in [5, 5.41) is 0.656. The molecule has 0 atom stereocenters. The Morgan fingerprint density at radius 2 is 2.00 bits per heavy atom. The molecule has 0 fully saturated rings. The largest absolute Gasteiger partial charge is 0.375 e. The molecule has 0 unspecified atom stereocenters. The van der Waals surface area contributed by atoms with E-state index in [1.165, 1.54) is 22.4 Å². The van der Waals surface area contributed by atoms with Gasteiger partial charge in [0.05, 0.1) is 0 Å². The average Bonchev–Trinajstić information content (AvgIpc) is 2.67. The molecule has 0 amide bonds. The molecule has 16 heavy (non-hydrogen) atoms. The van der Waals surface area contributed by atoms with Crippen molar-refractivity contribution in [2.24, 2.45) is 0 Å². The standard InChI is InChI=1S/C13H16N2S/c1-2-5-10-6-3-4-7-11(10)8-12-9-15-13(14)16-12/h3-4,6-7,9H,2,5,8H2,1H3,(H2,14,15). The summed E-state index contributed by atoms with van der Waals surface area (Å²) < 4.78 is 0. The summed E-state index contributed by atoms with van der Waals surface area (Å²) in [5.74, 6) is 0. The van der Waals surface area contributed by atoms with E-state index in [0.29, 0.717) is 5.13 Å². The van der Waals surface area contributed by atoms with Crippen molar-refractivity contribution < 1.29 is 0 Å². The molecule has 2 N–H and O–H groups in total. The highest BCUT2D eigenvalue weighted by atomic mass is 32.1. The number of rotatable bonds is 4. The third kappa shape index (κ3) is 2.61. The van der Waals surface area contributed by atoms with Gasteiger partial charge in [-0.05, 0) is 17.5 Å². The second kappa shape index (κ2) is 5.12. The molecule has 0 spiro atoms. The fourth-order valence-corrected chi connectivity index (χ4v) is 2.54. The number of aryl methyl sites for hydroxylation is 1. The minimum atomic E-state index is 0.656. The van der Waals surface area contributed by atoms with Crippen LogP contribution >= 0.6 is 11.3 Å². The van der Waals surface area contributed by atoms with Crippen LogP contribution in [0.25, 0.3) is 0 Å². The maximum Gasteiger partial charge on any atom is 0.180 e. The number of nitrogen functional groups attached to an aromatic ring is 1. The number of anilines is 1. The van der Waals surface area contributed by atoms with Crippen molar-refractivity contribution in [1.82, 2.24) is 4.98 Å². The third-order valence-electron chi connectivity index (χ3n) is 2.57. The van der Waals surface area contributed by atoms with Gasteiger partial charge < -0.3 is 5.73 Å². The van der Waals surface area contributed by atoms with Crippen molar-refractivity contribution in [3.05, 3.63) is 46.5 Å². The summed E-state index contributed by atoms with van der Waals surface area (Å²) in [4.78, 5) is 5.32. The summed E-state index contributed by atoms with van der Waals surface area (Å²) >= 11 is 1.58. The third-order valence-corrected chi connectivity index (χ3v) is 3.40. The second-order valence-electron chi connectivity index (χ2n) is 3.86. The van der Waals surface area contributed by atoms with E-state index in [1.807, 2.05) is 6.20 Å². The number of nitrogens with zero attached hydrogens (tertiary/aromatic N) is 1. The minimum Gasteiger partial charge on any atom is -0.375 e. The zero-order valence-electron chi connectivity index (χ0n) is 9.44. The van der Waals surface area contributed by atoms with Gasteiger partial charge in [-0.2, -0.15) is 0 Å². The van der Waals surface area contributed by atoms with E-state index in [-0.39, 0.29) is 0 Å². The van der Waals surface area contributed by atoms with Crippen molar-refractivity contribution in [1.29, 1.82) is 0 Å². The van der Waals surface area contributed by atoms with Gasteiger partial charge in [0.2, 0.25) is 0 Å². The molecule has 84 valence electrons. The van der Waals surface area contributed by atoms with Crippen LogP contribution in [0.1, 0.15) is 29.3 Å². The zero-order chi connectivity index (χ0) is 11.4. The molecule has 0 saturated carbocycles. The quantitative estimate of drug-likeness (QED) is 0.878. The van der Waals surface area contributed by atoms with Gasteiger partial charge in [-0.1, -0.05) is 37.6 Å². The van der Waals surface area contributed by atoms with Crippen molar-refractivity contribution in [3.63, 3.8) is 0 Å². The molecular weight excluding hydrogens is 216 g/mol. The zero-order valence-corrected chi connectivity index (χ0v) is 10.3. The minimum absolute atomic E-state index is 0.656. The molecule has 1 aromatic heterocycles. The molecule has 0 aliphatic rings. The number of hydrogen-bond acceptors (Lipinski definition) is 3. The summed E-state index contributed by atoms with van der Waals surface area (Å²) in [6.07, 6.45) is 5.15. The van der Waals surface area contributed by atoms with Gasteiger partial charge in [-0.15, -0.1) is 11.3 Å². The smallest absolute Gasteiger partial charge is 0.180 e. The highest BCUT2D eigenvalue weighted by Crippen LogP contribution is 2.21. The number of hydrogen-bond donors (Lipinski definition) is 1. The van der Waals surface area contributed by atoms with Crippen LogP contribution in [-0.4, -0.2) is 4.98 Å². The SMILES string of the molecule is CCCc1ccccc1Cc1cnc(N)s1. The molecule has 3 heteroatoms. The van der Waals surface area contributed by atoms with E-state index >= 15 is 0 Å².